The van der Waals surface area contributed by atoms with Crippen LogP contribution >= 0.6 is 23.4 Å². The maximum Gasteiger partial charge on any atom is 0.267 e. The van der Waals surface area contributed by atoms with Crippen LogP contribution in [-0.2, 0) is 11.3 Å². The molecule has 1 fully saturated rings. The van der Waals surface area contributed by atoms with Crippen molar-refractivity contribution >= 4 is 46.7 Å². The summed E-state index contributed by atoms with van der Waals surface area (Å²) in [6.45, 7) is 0.174. The van der Waals surface area contributed by atoms with E-state index in [4.69, 9.17) is 16.0 Å². The smallest absolute Gasteiger partial charge is 0.267 e. The number of hydrogen-bond donors (Lipinski definition) is 2. The number of amides is 1. The average molecular weight is 454 g/mol. The fraction of sp³-hybridized carbons (Fsp3) is 0.0455. The second-order valence-corrected chi connectivity index (χ2v) is 7.92. The summed E-state index contributed by atoms with van der Waals surface area (Å²) >= 11 is 7.08. The van der Waals surface area contributed by atoms with E-state index in [1.165, 1.54) is 23.4 Å². The Morgan fingerprint density at radius 2 is 1.87 bits per heavy atom. The van der Waals surface area contributed by atoms with Gasteiger partial charge in [-0.25, -0.2) is 0 Å². The minimum atomic E-state index is -0.288. The van der Waals surface area contributed by atoms with Crippen molar-refractivity contribution in [3.63, 3.8) is 0 Å². The van der Waals surface area contributed by atoms with Gasteiger partial charge >= 0.3 is 0 Å². The number of amidine groups is 1. The number of phenolic OH excluding ortho intramolecular Hbond substituents is 2. The van der Waals surface area contributed by atoms with Gasteiger partial charge in [0.2, 0.25) is 0 Å². The fourth-order valence-corrected chi connectivity index (χ4v) is 3.91. The first kappa shape index (κ1) is 20.8. The van der Waals surface area contributed by atoms with Crippen molar-refractivity contribution in [3.05, 3.63) is 87.7 Å². The topological polar surface area (TPSA) is 98.6 Å². The maximum absolute atomic E-state index is 13.0. The van der Waals surface area contributed by atoms with Gasteiger partial charge in [-0.05, 0) is 54.2 Å². The van der Waals surface area contributed by atoms with Crippen LogP contribution in [0.4, 0.5) is 0 Å². The van der Waals surface area contributed by atoms with Crippen molar-refractivity contribution in [1.29, 1.82) is 0 Å². The summed E-state index contributed by atoms with van der Waals surface area (Å²) in [5, 5.41) is 28.9. The van der Waals surface area contributed by atoms with Crippen molar-refractivity contribution in [2.45, 2.75) is 6.54 Å². The highest BCUT2D eigenvalue weighted by atomic mass is 35.5. The predicted molar refractivity (Wildman–Crippen MR) is 121 cm³/mol. The molecule has 0 bridgehead atoms. The van der Waals surface area contributed by atoms with Gasteiger partial charge in [0, 0.05) is 16.1 Å². The molecule has 4 rings (SSSR count). The van der Waals surface area contributed by atoms with E-state index in [9.17, 15) is 15.0 Å². The standard InChI is InChI=1S/C22H16ClN3O4S/c23-16-7-8-19(28)15(10-16)12-24-25-22-26(13-17-5-3-9-30-17)21(29)20(31-22)11-14-4-1-2-6-18(14)27/h1-12,27-28H,13H2/b20-11-,24-12-,25-22+. The number of nitrogens with zero attached hydrogens (tertiary/aromatic N) is 3. The lowest BCUT2D eigenvalue weighted by Crippen LogP contribution is -2.28. The highest BCUT2D eigenvalue weighted by molar-refractivity contribution is 8.18. The molecule has 3 aromatic rings. The van der Waals surface area contributed by atoms with Gasteiger partial charge in [-0.2, -0.15) is 5.10 Å². The van der Waals surface area contributed by atoms with Crippen LogP contribution in [0.3, 0.4) is 0 Å². The zero-order chi connectivity index (χ0) is 21.8. The highest BCUT2D eigenvalue weighted by Gasteiger charge is 2.34. The molecule has 156 valence electrons. The fourth-order valence-electron chi connectivity index (χ4n) is 2.80. The van der Waals surface area contributed by atoms with Crippen LogP contribution in [0.25, 0.3) is 6.08 Å². The summed E-state index contributed by atoms with van der Waals surface area (Å²) in [5.41, 5.74) is 0.915. The van der Waals surface area contributed by atoms with Crippen LogP contribution in [0.1, 0.15) is 16.9 Å². The Kier molecular flexibility index (Phi) is 6.11. The summed E-state index contributed by atoms with van der Waals surface area (Å²) in [6.07, 6.45) is 4.49. The van der Waals surface area contributed by atoms with E-state index in [1.807, 2.05) is 0 Å². The van der Waals surface area contributed by atoms with Gasteiger partial charge in [0.1, 0.15) is 17.3 Å². The highest BCUT2D eigenvalue weighted by Crippen LogP contribution is 2.35. The zero-order valence-corrected chi connectivity index (χ0v) is 17.5. The number of para-hydroxylation sites is 1. The van der Waals surface area contributed by atoms with E-state index >= 15 is 0 Å². The van der Waals surface area contributed by atoms with E-state index in [1.54, 1.807) is 54.6 Å². The number of carbonyl (C=O) groups is 1. The second-order valence-electron chi connectivity index (χ2n) is 6.47. The molecule has 0 atom stereocenters. The van der Waals surface area contributed by atoms with E-state index in [-0.39, 0.29) is 24.0 Å². The molecule has 1 aliphatic heterocycles. The summed E-state index contributed by atoms with van der Waals surface area (Å²) in [5.74, 6) is 0.378. The molecule has 31 heavy (non-hydrogen) atoms. The zero-order valence-electron chi connectivity index (χ0n) is 16.0. The molecule has 7 nitrogen and oxygen atoms in total. The first-order chi connectivity index (χ1) is 15.0. The molecule has 9 heteroatoms. The minimum absolute atomic E-state index is 0.0103. The third-order valence-corrected chi connectivity index (χ3v) is 5.57. The summed E-state index contributed by atoms with van der Waals surface area (Å²) in [4.78, 5) is 14.8. The van der Waals surface area contributed by atoms with Gasteiger partial charge in [0.05, 0.1) is 23.9 Å². The first-order valence-electron chi connectivity index (χ1n) is 9.12. The number of phenols is 2. The molecule has 2 heterocycles. The lowest BCUT2D eigenvalue weighted by atomic mass is 10.2. The number of furan rings is 1. The third-order valence-electron chi connectivity index (χ3n) is 4.34. The average Bonchev–Trinajstić information content (AvgIpc) is 3.36. The van der Waals surface area contributed by atoms with Crippen LogP contribution in [0.5, 0.6) is 11.5 Å². The lowest BCUT2D eigenvalue weighted by Gasteiger charge is -2.12. The molecule has 2 N–H and O–H groups in total. The molecule has 2 aromatic carbocycles. The Bertz CT molecular complexity index is 1210. The van der Waals surface area contributed by atoms with Gasteiger partial charge in [0.15, 0.2) is 5.17 Å². The summed E-state index contributed by atoms with van der Waals surface area (Å²) in [7, 11) is 0. The predicted octanol–water partition coefficient (Wildman–Crippen LogP) is 4.85. The number of aromatic hydroxyl groups is 2. The number of benzene rings is 2. The number of thioether (sulfide) groups is 1. The Hall–Kier alpha value is -3.49. The third kappa shape index (κ3) is 4.82. The van der Waals surface area contributed by atoms with Gasteiger partial charge in [-0.1, -0.05) is 29.8 Å². The Labute approximate surface area is 187 Å². The normalized spacial score (nSPS) is 16.8. The van der Waals surface area contributed by atoms with Crippen LogP contribution in [0.15, 0.2) is 80.4 Å². The van der Waals surface area contributed by atoms with E-state index < -0.39 is 0 Å². The largest absolute Gasteiger partial charge is 0.507 e. The quantitative estimate of drug-likeness (QED) is 0.327. The molecule has 0 unspecified atom stereocenters. The first-order valence-corrected chi connectivity index (χ1v) is 10.3. The van der Waals surface area contributed by atoms with Crippen molar-refractivity contribution in [2.75, 3.05) is 0 Å². The SMILES string of the molecule is O=C1/C(=C/c2ccccc2O)S/C(=N/N=C\c2cc(Cl)ccc2O)N1Cc1ccco1. The molecule has 1 aliphatic rings. The molecular formula is C22H16ClN3O4S. The monoisotopic (exact) mass is 453 g/mol. The van der Waals surface area contributed by atoms with Gasteiger partial charge in [-0.15, -0.1) is 5.10 Å². The molecule has 0 radical (unpaired) electrons. The number of hydrogen-bond acceptors (Lipinski definition) is 7. The van der Waals surface area contributed by atoms with E-state index in [0.29, 0.717) is 32.0 Å². The lowest BCUT2D eigenvalue weighted by molar-refractivity contribution is -0.122. The van der Waals surface area contributed by atoms with Crippen molar-refractivity contribution in [2.24, 2.45) is 10.2 Å². The van der Waals surface area contributed by atoms with Gasteiger partial charge in [0.25, 0.3) is 5.91 Å². The summed E-state index contributed by atoms with van der Waals surface area (Å²) < 4.78 is 5.36. The van der Waals surface area contributed by atoms with Crippen LogP contribution < -0.4 is 0 Å². The van der Waals surface area contributed by atoms with E-state index in [0.717, 1.165) is 11.8 Å². The number of halogens is 1. The van der Waals surface area contributed by atoms with Crippen LogP contribution in [-0.4, -0.2) is 32.4 Å². The molecule has 0 aliphatic carbocycles. The van der Waals surface area contributed by atoms with Crippen molar-refractivity contribution in [3.8, 4) is 11.5 Å². The molecule has 1 saturated heterocycles. The van der Waals surface area contributed by atoms with Gasteiger partial charge in [-0.3, -0.25) is 9.69 Å². The Balaban J connectivity index is 1.65. The van der Waals surface area contributed by atoms with Crippen LogP contribution in [0.2, 0.25) is 5.02 Å². The molecular weight excluding hydrogens is 438 g/mol. The minimum Gasteiger partial charge on any atom is -0.507 e. The Morgan fingerprint density at radius 3 is 2.65 bits per heavy atom. The van der Waals surface area contributed by atoms with Gasteiger partial charge < -0.3 is 14.6 Å². The number of carbonyl (C=O) groups excluding carboxylic acids is 1. The number of rotatable bonds is 5. The molecule has 1 amide bonds. The molecule has 0 saturated carbocycles. The van der Waals surface area contributed by atoms with Crippen molar-refractivity contribution < 1.29 is 19.4 Å². The Morgan fingerprint density at radius 1 is 1.06 bits per heavy atom. The van der Waals surface area contributed by atoms with E-state index in [2.05, 4.69) is 10.2 Å². The summed E-state index contributed by atoms with van der Waals surface area (Å²) in [6, 6.07) is 14.8. The molecule has 1 aromatic heterocycles. The second kappa shape index (κ2) is 9.11. The maximum atomic E-state index is 13.0. The molecule has 0 spiro atoms. The van der Waals surface area contributed by atoms with Crippen molar-refractivity contribution in [1.82, 2.24) is 4.90 Å². The van der Waals surface area contributed by atoms with Crippen LogP contribution in [0, 0.1) is 0 Å².